The number of hydrogen-bond acceptors (Lipinski definition) is 8. The summed E-state index contributed by atoms with van der Waals surface area (Å²) in [6.45, 7) is 0. The van der Waals surface area contributed by atoms with Gasteiger partial charge in [-0.1, -0.05) is 0 Å². The molecule has 4 amide bonds. The Labute approximate surface area is 122 Å². The summed E-state index contributed by atoms with van der Waals surface area (Å²) in [5, 5.41) is -1.80. The van der Waals surface area contributed by atoms with Crippen molar-refractivity contribution in [1.82, 2.24) is 10.2 Å². The molecule has 2 rings (SSSR count). The summed E-state index contributed by atoms with van der Waals surface area (Å²) in [5.41, 5.74) is 0. The van der Waals surface area contributed by atoms with E-state index in [1.165, 1.54) is 5.32 Å². The van der Waals surface area contributed by atoms with E-state index in [1.54, 1.807) is 0 Å². The summed E-state index contributed by atoms with van der Waals surface area (Å²) in [6, 6.07) is 0. The zero-order chi connectivity index (χ0) is 17.1. The first-order valence-electron chi connectivity index (χ1n) is 5.49. The van der Waals surface area contributed by atoms with Crippen LogP contribution in [-0.2, 0) is 39.4 Å². The average molecular weight is 356 g/mol. The van der Waals surface area contributed by atoms with Gasteiger partial charge < -0.3 is 0 Å². The van der Waals surface area contributed by atoms with Crippen LogP contribution >= 0.6 is 0 Å². The number of likely N-dealkylation sites (tertiary alicyclic amines) is 1. The zero-order valence-electron chi connectivity index (χ0n) is 10.4. The van der Waals surface area contributed by atoms with E-state index < -0.39 is 66.8 Å². The molecular weight excluding hydrogens is 348 g/mol. The molecule has 0 spiro atoms. The number of carbonyl (C=O) groups excluding carboxylic acids is 4. The maximum Gasteiger partial charge on any atom is 0.301 e. The van der Waals surface area contributed by atoms with Crippen molar-refractivity contribution >= 4 is 43.9 Å². The van der Waals surface area contributed by atoms with Gasteiger partial charge in [0.1, 0.15) is 0 Å². The van der Waals surface area contributed by atoms with E-state index in [0.717, 1.165) is 0 Å². The summed E-state index contributed by atoms with van der Waals surface area (Å²) in [7, 11) is -11.4. The molecular formula is C8H8N2O10S2. The van der Waals surface area contributed by atoms with Crippen LogP contribution in [0, 0.1) is 0 Å². The van der Waals surface area contributed by atoms with Gasteiger partial charge in [-0.2, -0.15) is 16.8 Å². The molecule has 0 saturated carbocycles. The maximum atomic E-state index is 11.9. The molecule has 3 N–H and O–H groups in total. The summed E-state index contributed by atoms with van der Waals surface area (Å²) in [5.74, 6) is -6.30. The fourth-order valence-corrected chi connectivity index (χ4v) is 5.21. The second kappa shape index (κ2) is 4.55. The minimum Gasteiger partial charge on any atom is -0.292 e. The van der Waals surface area contributed by atoms with E-state index in [-0.39, 0.29) is 4.90 Å². The third-order valence-corrected chi connectivity index (χ3v) is 5.92. The lowest BCUT2D eigenvalue weighted by Crippen LogP contribution is -2.67. The van der Waals surface area contributed by atoms with Gasteiger partial charge in [0.2, 0.25) is 17.1 Å². The molecule has 0 radical (unpaired) electrons. The Balaban J connectivity index is 2.91. The summed E-state index contributed by atoms with van der Waals surface area (Å²) in [6.07, 6.45) is -1.12. The minimum absolute atomic E-state index is 0.305. The van der Waals surface area contributed by atoms with Crippen LogP contribution in [0.15, 0.2) is 0 Å². The van der Waals surface area contributed by atoms with Gasteiger partial charge in [0, 0.05) is 12.8 Å². The van der Waals surface area contributed by atoms with E-state index in [2.05, 4.69) is 0 Å². The van der Waals surface area contributed by atoms with Crippen LogP contribution in [0.3, 0.4) is 0 Å². The topological polar surface area (TPSA) is 192 Å². The lowest BCUT2D eigenvalue weighted by molar-refractivity contribution is -0.147. The van der Waals surface area contributed by atoms with Gasteiger partial charge in [-0.3, -0.25) is 33.6 Å². The molecule has 2 aliphatic rings. The highest BCUT2D eigenvalue weighted by Gasteiger charge is 2.75. The molecule has 22 heavy (non-hydrogen) atoms. The number of carbonyl (C=O) groups is 4. The van der Waals surface area contributed by atoms with Crippen molar-refractivity contribution in [2.45, 2.75) is 23.0 Å². The van der Waals surface area contributed by atoms with Crippen molar-refractivity contribution in [3.8, 4) is 0 Å². The Morgan fingerprint density at radius 2 is 1.45 bits per heavy atom. The van der Waals surface area contributed by atoms with E-state index in [4.69, 9.17) is 4.55 Å². The predicted octanol–water partition coefficient (Wildman–Crippen LogP) is -3.37. The van der Waals surface area contributed by atoms with Crippen molar-refractivity contribution in [2.75, 3.05) is 0 Å². The first-order valence-corrected chi connectivity index (χ1v) is 8.44. The summed E-state index contributed by atoms with van der Waals surface area (Å²) >= 11 is 0. The molecule has 2 heterocycles. The molecule has 2 unspecified atom stereocenters. The van der Waals surface area contributed by atoms with Crippen LogP contribution in [0.25, 0.3) is 0 Å². The number of nitrogens with one attached hydrogen (secondary N) is 1. The van der Waals surface area contributed by atoms with Crippen LogP contribution in [0.1, 0.15) is 12.8 Å². The smallest absolute Gasteiger partial charge is 0.292 e. The van der Waals surface area contributed by atoms with E-state index in [1.807, 2.05) is 0 Å². The largest absolute Gasteiger partial charge is 0.301 e. The summed E-state index contributed by atoms with van der Waals surface area (Å²) < 4.78 is 64.4. The molecule has 2 atom stereocenters. The summed E-state index contributed by atoms with van der Waals surface area (Å²) in [4.78, 5) is 42.8. The fraction of sp³-hybridized carbons (Fsp3) is 0.500. The fourth-order valence-electron chi connectivity index (χ4n) is 2.43. The minimum atomic E-state index is -5.82. The Hall–Kier alpha value is -1.90. The molecule has 0 aliphatic carbocycles. The number of hydrogen-bond donors (Lipinski definition) is 3. The number of rotatable bonds is 3. The first-order chi connectivity index (χ1) is 9.85. The molecule has 12 nitrogen and oxygen atoms in total. The second-order valence-corrected chi connectivity index (χ2v) is 7.58. The van der Waals surface area contributed by atoms with E-state index >= 15 is 0 Å². The maximum absolute atomic E-state index is 11.9. The monoisotopic (exact) mass is 356 g/mol. The highest BCUT2D eigenvalue weighted by Crippen LogP contribution is 2.38. The third-order valence-electron chi connectivity index (χ3n) is 3.23. The average Bonchev–Trinajstić information content (AvgIpc) is 2.75. The molecule has 2 fully saturated rings. The molecule has 2 aliphatic heterocycles. The molecule has 0 aromatic carbocycles. The molecule has 14 heteroatoms. The normalized spacial score (nSPS) is 30.1. The molecule has 2 saturated heterocycles. The second-order valence-electron chi connectivity index (χ2n) is 4.51. The standard InChI is InChI=1S/C8H8N2O10S2/c11-3-1-2-4(12)10(3)8(22(18,19)20)5(21(15,16)17)6(13)9-7(8)14/h5H,1-2H2,(H,9,13,14)(H,15,16,17)(H,18,19,20). The lowest BCUT2D eigenvalue weighted by Gasteiger charge is -2.33. The van der Waals surface area contributed by atoms with Crippen molar-refractivity contribution in [3.63, 3.8) is 0 Å². The van der Waals surface area contributed by atoms with Crippen LogP contribution in [0.5, 0.6) is 0 Å². The van der Waals surface area contributed by atoms with Gasteiger partial charge in [0.25, 0.3) is 26.8 Å². The highest BCUT2D eigenvalue weighted by molar-refractivity contribution is 7.92. The van der Waals surface area contributed by atoms with Gasteiger partial charge in [-0.15, -0.1) is 0 Å². The number of nitrogens with zero attached hydrogens (tertiary/aromatic N) is 1. The molecule has 0 bridgehead atoms. The first kappa shape index (κ1) is 16.5. The SMILES string of the molecule is O=C1NC(=O)C(N2C(=O)CCC2=O)(S(=O)(=O)O)C1S(=O)(=O)O. The Kier molecular flexibility index (Phi) is 3.40. The number of amides is 4. The lowest BCUT2D eigenvalue weighted by atomic mass is 10.2. The zero-order valence-corrected chi connectivity index (χ0v) is 12.0. The van der Waals surface area contributed by atoms with Crippen molar-refractivity contribution in [2.24, 2.45) is 0 Å². The Morgan fingerprint density at radius 1 is 1.00 bits per heavy atom. The van der Waals surface area contributed by atoms with Crippen LogP contribution < -0.4 is 5.32 Å². The van der Waals surface area contributed by atoms with Crippen molar-refractivity contribution in [1.29, 1.82) is 0 Å². The van der Waals surface area contributed by atoms with E-state index in [9.17, 15) is 40.6 Å². The molecule has 122 valence electrons. The molecule has 0 aromatic rings. The van der Waals surface area contributed by atoms with Gasteiger partial charge in [0.05, 0.1) is 0 Å². The third kappa shape index (κ3) is 1.95. The van der Waals surface area contributed by atoms with Gasteiger partial charge in [-0.05, 0) is 0 Å². The Bertz CT molecular complexity index is 796. The van der Waals surface area contributed by atoms with Gasteiger partial charge in [-0.25, -0.2) is 4.90 Å². The van der Waals surface area contributed by atoms with E-state index in [0.29, 0.717) is 0 Å². The van der Waals surface area contributed by atoms with Crippen LogP contribution in [0.4, 0.5) is 0 Å². The predicted molar refractivity (Wildman–Crippen MR) is 63.9 cm³/mol. The molecule has 0 aromatic heterocycles. The Morgan fingerprint density at radius 3 is 1.82 bits per heavy atom. The van der Waals surface area contributed by atoms with Crippen LogP contribution in [0.2, 0.25) is 0 Å². The van der Waals surface area contributed by atoms with Gasteiger partial charge >= 0.3 is 10.1 Å². The quantitative estimate of drug-likeness (QED) is 0.339. The van der Waals surface area contributed by atoms with Gasteiger partial charge in [0.15, 0.2) is 0 Å². The van der Waals surface area contributed by atoms with Crippen molar-refractivity contribution in [3.05, 3.63) is 0 Å². The van der Waals surface area contributed by atoms with Crippen molar-refractivity contribution < 1.29 is 45.1 Å². The number of imide groups is 2. The highest BCUT2D eigenvalue weighted by atomic mass is 32.2. The van der Waals surface area contributed by atoms with Crippen LogP contribution in [-0.4, -0.2) is 64.6 Å².